The molecule has 1 aromatic heterocycles. The van der Waals surface area contributed by atoms with Gasteiger partial charge in [0, 0.05) is 19.6 Å². The van der Waals surface area contributed by atoms with Crippen molar-refractivity contribution in [3.8, 4) is 0 Å². The molecular formula is C14H20N2O. The summed E-state index contributed by atoms with van der Waals surface area (Å²) in [7, 11) is 0. The second kappa shape index (κ2) is 5.32. The minimum Gasteiger partial charge on any atom is -0.396 e. The zero-order valence-electron chi connectivity index (χ0n) is 10.6. The highest BCUT2D eigenvalue weighted by molar-refractivity contribution is 5.75. The van der Waals surface area contributed by atoms with Gasteiger partial charge in [-0.25, -0.2) is 4.98 Å². The first-order valence-electron chi connectivity index (χ1n) is 6.27. The van der Waals surface area contributed by atoms with Crippen LogP contribution in [0.4, 0.5) is 0 Å². The molecule has 3 heteroatoms. The highest BCUT2D eigenvalue weighted by Crippen LogP contribution is 2.18. The van der Waals surface area contributed by atoms with Gasteiger partial charge < -0.3 is 9.67 Å². The number of hydrogen-bond donors (Lipinski definition) is 1. The maximum Gasteiger partial charge on any atom is 0.110 e. The average molecular weight is 232 g/mol. The Morgan fingerprint density at radius 2 is 2.06 bits per heavy atom. The van der Waals surface area contributed by atoms with E-state index in [1.807, 2.05) is 12.1 Å². The van der Waals surface area contributed by atoms with Crippen molar-refractivity contribution in [3.05, 3.63) is 30.1 Å². The van der Waals surface area contributed by atoms with E-state index in [4.69, 9.17) is 5.11 Å². The maximum absolute atomic E-state index is 8.98. The zero-order valence-corrected chi connectivity index (χ0v) is 10.6. The average Bonchev–Trinajstić information content (AvgIpc) is 2.63. The summed E-state index contributed by atoms with van der Waals surface area (Å²) in [6.07, 6.45) is 1.77. The fraction of sp³-hybridized carbons (Fsp3) is 0.500. The van der Waals surface area contributed by atoms with Crippen LogP contribution in [0.15, 0.2) is 24.3 Å². The SMILES string of the molecule is CC(C)Cc1nc2ccccc2n1CCCO. The normalized spacial score (nSPS) is 11.5. The molecule has 0 atom stereocenters. The molecule has 0 saturated carbocycles. The van der Waals surface area contributed by atoms with Gasteiger partial charge >= 0.3 is 0 Å². The molecule has 2 rings (SSSR count). The van der Waals surface area contributed by atoms with E-state index in [2.05, 4.69) is 35.5 Å². The van der Waals surface area contributed by atoms with Gasteiger partial charge in [-0.1, -0.05) is 26.0 Å². The highest BCUT2D eigenvalue weighted by atomic mass is 16.3. The van der Waals surface area contributed by atoms with Gasteiger partial charge in [-0.05, 0) is 24.5 Å². The van der Waals surface area contributed by atoms with E-state index in [9.17, 15) is 0 Å². The van der Waals surface area contributed by atoms with Crippen molar-refractivity contribution in [2.75, 3.05) is 6.61 Å². The first-order chi connectivity index (χ1) is 8.22. The molecule has 0 amide bonds. The molecule has 0 aliphatic carbocycles. The number of para-hydroxylation sites is 2. The van der Waals surface area contributed by atoms with Crippen LogP contribution in [0.5, 0.6) is 0 Å². The minimum atomic E-state index is 0.230. The third-order valence-corrected chi connectivity index (χ3v) is 2.86. The Balaban J connectivity index is 2.41. The number of nitrogens with zero attached hydrogens (tertiary/aromatic N) is 2. The molecule has 0 aliphatic rings. The topological polar surface area (TPSA) is 38.0 Å². The summed E-state index contributed by atoms with van der Waals surface area (Å²) in [6.45, 7) is 5.48. The Hall–Kier alpha value is -1.35. The standard InChI is InChI=1S/C14H20N2O/c1-11(2)10-14-15-12-6-3-4-7-13(12)16(14)8-5-9-17/h3-4,6-7,11,17H,5,8-10H2,1-2H3. The summed E-state index contributed by atoms with van der Waals surface area (Å²) >= 11 is 0. The van der Waals surface area contributed by atoms with Gasteiger partial charge in [-0.2, -0.15) is 0 Å². The third-order valence-electron chi connectivity index (χ3n) is 2.86. The molecule has 1 aromatic carbocycles. The van der Waals surface area contributed by atoms with Crippen molar-refractivity contribution in [2.24, 2.45) is 5.92 Å². The first kappa shape index (κ1) is 12.1. The van der Waals surface area contributed by atoms with Crippen LogP contribution in [0.1, 0.15) is 26.1 Å². The van der Waals surface area contributed by atoms with Crippen LogP contribution in [0.25, 0.3) is 11.0 Å². The second-order valence-corrected chi connectivity index (χ2v) is 4.84. The monoisotopic (exact) mass is 232 g/mol. The first-order valence-corrected chi connectivity index (χ1v) is 6.27. The molecule has 3 nitrogen and oxygen atoms in total. The van der Waals surface area contributed by atoms with Gasteiger partial charge in [0.15, 0.2) is 0 Å². The number of imidazole rings is 1. The molecule has 1 heterocycles. The number of benzene rings is 1. The number of aromatic nitrogens is 2. The summed E-state index contributed by atoms with van der Waals surface area (Å²) < 4.78 is 2.24. The lowest BCUT2D eigenvalue weighted by Crippen LogP contribution is -2.08. The molecule has 1 N–H and O–H groups in total. The predicted molar refractivity (Wildman–Crippen MR) is 70.0 cm³/mol. The summed E-state index contributed by atoms with van der Waals surface area (Å²) in [5.74, 6) is 1.73. The van der Waals surface area contributed by atoms with Crippen LogP contribution in [0.3, 0.4) is 0 Å². The summed E-state index contributed by atoms with van der Waals surface area (Å²) in [6, 6.07) is 8.21. The smallest absolute Gasteiger partial charge is 0.110 e. The Labute approximate surface area is 102 Å². The number of hydrogen-bond acceptors (Lipinski definition) is 2. The van der Waals surface area contributed by atoms with Crippen LogP contribution >= 0.6 is 0 Å². The summed E-state index contributed by atoms with van der Waals surface area (Å²) in [5.41, 5.74) is 2.23. The molecule has 0 spiro atoms. The molecule has 2 aromatic rings. The van der Waals surface area contributed by atoms with Crippen LogP contribution in [0.2, 0.25) is 0 Å². The number of rotatable bonds is 5. The lowest BCUT2D eigenvalue weighted by Gasteiger charge is -2.09. The molecule has 0 unspecified atom stereocenters. The molecule has 0 fully saturated rings. The highest BCUT2D eigenvalue weighted by Gasteiger charge is 2.10. The quantitative estimate of drug-likeness (QED) is 0.860. The van der Waals surface area contributed by atoms with Crippen molar-refractivity contribution in [1.29, 1.82) is 0 Å². The lowest BCUT2D eigenvalue weighted by atomic mass is 10.1. The molecule has 17 heavy (non-hydrogen) atoms. The van der Waals surface area contributed by atoms with E-state index in [0.29, 0.717) is 5.92 Å². The Morgan fingerprint density at radius 3 is 2.76 bits per heavy atom. The number of fused-ring (bicyclic) bond motifs is 1. The lowest BCUT2D eigenvalue weighted by molar-refractivity contribution is 0.279. The van der Waals surface area contributed by atoms with Crippen LogP contribution in [-0.2, 0) is 13.0 Å². The Bertz CT molecular complexity index is 488. The molecular weight excluding hydrogens is 212 g/mol. The van der Waals surface area contributed by atoms with Crippen molar-refractivity contribution < 1.29 is 5.11 Å². The Morgan fingerprint density at radius 1 is 1.29 bits per heavy atom. The fourth-order valence-electron chi connectivity index (χ4n) is 2.12. The maximum atomic E-state index is 8.98. The molecule has 0 aliphatic heterocycles. The summed E-state index contributed by atoms with van der Waals surface area (Å²) in [5, 5.41) is 8.98. The van der Waals surface area contributed by atoms with Crippen LogP contribution in [-0.4, -0.2) is 21.3 Å². The molecule has 92 valence electrons. The van der Waals surface area contributed by atoms with Crippen molar-refractivity contribution >= 4 is 11.0 Å². The van der Waals surface area contributed by atoms with Gasteiger partial charge in [0.2, 0.25) is 0 Å². The molecule has 0 bridgehead atoms. The van der Waals surface area contributed by atoms with Gasteiger partial charge in [0.25, 0.3) is 0 Å². The third kappa shape index (κ3) is 2.67. The van der Waals surface area contributed by atoms with Crippen molar-refractivity contribution in [1.82, 2.24) is 9.55 Å². The predicted octanol–water partition coefficient (Wildman–Crippen LogP) is 2.62. The van der Waals surface area contributed by atoms with Crippen molar-refractivity contribution in [3.63, 3.8) is 0 Å². The van der Waals surface area contributed by atoms with Gasteiger partial charge in [-0.15, -0.1) is 0 Å². The molecule has 0 radical (unpaired) electrons. The van der Waals surface area contributed by atoms with Gasteiger partial charge in [-0.3, -0.25) is 0 Å². The van der Waals surface area contributed by atoms with E-state index < -0.39 is 0 Å². The Kier molecular flexibility index (Phi) is 3.79. The van der Waals surface area contributed by atoms with Crippen molar-refractivity contribution in [2.45, 2.75) is 33.2 Å². The van der Waals surface area contributed by atoms with Crippen LogP contribution in [0, 0.1) is 5.92 Å². The number of aryl methyl sites for hydroxylation is 1. The number of aliphatic hydroxyl groups excluding tert-OH is 1. The second-order valence-electron chi connectivity index (χ2n) is 4.84. The largest absolute Gasteiger partial charge is 0.396 e. The van der Waals surface area contributed by atoms with E-state index in [1.165, 1.54) is 5.52 Å². The van der Waals surface area contributed by atoms with Crippen LogP contribution < -0.4 is 0 Å². The van der Waals surface area contributed by atoms with E-state index >= 15 is 0 Å². The number of aliphatic hydroxyl groups is 1. The summed E-state index contributed by atoms with van der Waals surface area (Å²) in [4.78, 5) is 4.69. The van der Waals surface area contributed by atoms with Gasteiger partial charge in [0.1, 0.15) is 5.82 Å². The van der Waals surface area contributed by atoms with Gasteiger partial charge in [0.05, 0.1) is 11.0 Å². The zero-order chi connectivity index (χ0) is 12.3. The molecule has 0 saturated heterocycles. The minimum absolute atomic E-state index is 0.230. The van der Waals surface area contributed by atoms with E-state index in [0.717, 1.165) is 30.7 Å². The fourth-order valence-corrected chi connectivity index (χ4v) is 2.12. The van der Waals surface area contributed by atoms with E-state index in [-0.39, 0.29) is 6.61 Å². The van der Waals surface area contributed by atoms with E-state index in [1.54, 1.807) is 0 Å².